The Labute approximate surface area is 126 Å². The van der Waals surface area contributed by atoms with E-state index in [9.17, 15) is 4.79 Å². The molecule has 0 saturated carbocycles. The Morgan fingerprint density at radius 3 is 2.62 bits per heavy atom. The summed E-state index contributed by atoms with van der Waals surface area (Å²) in [7, 11) is -0.637. The fourth-order valence-corrected chi connectivity index (χ4v) is 4.41. The lowest BCUT2D eigenvalue weighted by atomic mass is 9.87. The maximum absolute atomic E-state index is 11.9. The Kier molecular flexibility index (Phi) is 3.60. The fraction of sp³-hybridized carbons (Fsp3) is 0.222. The molecule has 1 aromatic rings. The van der Waals surface area contributed by atoms with Crippen molar-refractivity contribution in [3.05, 3.63) is 58.7 Å². The van der Waals surface area contributed by atoms with E-state index in [-0.39, 0.29) is 5.91 Å². The van der Waals surface area contributed by atoms with Crippen molar-refractivity contribution in [2.24, 2.45) is 5.73 Å². The van der Waals surface area contributed by atoms with E-state index < -0.39 is 8.41 Å². The molecule has 0 spiro atoms. The molecule has 2 aliphatic carbocycles. The van der Waals surface area contributed by atoms with Crippen LogP contribution in [0.5, 0.6) is 0 Å². The number of rotatable bonds is 2. The molecular weight excluding hydrogens is 274 g/mol. The molecule has 0 fully saturated rings. The van der Waals surface area contributed by atoms with Gasteiger partial charge in [0, 0.05) is 14.0 Å². The van der Waals surface area contributed by atoms with Crippen LogP contribution in [0.1, 0.15) is 23.1 Å². The molecule has 0 aliphatic heterocycles. The molecule has 0 aromatic heterocycles. The highest BCUT2D eigenvalue weighted by molar-refractivity contribution is 6.77. The van der Waals surface area contributed by atoms with Crippen LogP contribution in [0.4, 0.5) is 0 Å². The van der Waals surface area contributed by atoms with Crippen molar-refractivity contribution in [1.82, 2.24) is 0 Å². The van der Waals surface area contributed by atoms with E-state index in [1.807, 2.05) is 6.08 Å². The van der Waals surface area contributed by atoms with E-state index in [1.54, 1.807) is 0 Å². The number of benzene rings is 1. The monoisotopic (exact) mass is 293 g/mol. The zero-order valence-corrected chi connectivity index (χ0v) is 13.4. The van der Waals surface area contributed by atoms with Crippen molar-refractivity contribution in [2.75, 3.05) is 0 Å². The average Bonchev–Trinajstić information content (AvgIpc) is 2.94. The van der Waals surface area contributed by atoms with Crippen LogP contribution < -0.4 is 5.73 Å². The number of allylic oxidation sites excluding steroid dienone is 3. The van der Waals surface area contributed by atoms with Gasteiger partial charge in [0.1, 0.15) is 0 Å². The van der Waals surface area contributed by atoms with Crippen molar-refractivity contribution >= 4 is 31.1 Å². The summed E-state index contributed by atoms with van der Waals surface area (Å²) in [6.07, 6.45) is 10.2. The topological polar surface area (TPSA) is 43.1 Å². The van der Waals surface area contributed by atoms with Gasteiger partial charge in [-0.15, -0.1) is 0 Å². The Hall–Kier alpha value is -2.00. The van der Waals surface area contributed by atoms with Crippen molar-refractivity contribution in [1.29, 1.82) is 0 Å². The van der Waals surface area contributed by atoms with Crippen LogP contribution in [-0.2, 0) is 11.2 Å². The minimum atomic E-state index is -0.637. The largest absolute Gasteiger partial charge is 0.366 e. The summed E-state index contributed by atoms with van der Waals surface area (Å²) in [5.41, 5.74) is 11.1. The van der Waals surface area contributed by atoms with Crippen LogP contribution >= 0.6 is 0 Å². The van der Waals surface area contributed by atoms with Crippen LogP contribution in [0, 0.1) is 0 Å². The zero-order chi connectivity index (χ0) is 15.0. The van der Waals surface area contributed by atoms with Crippen LogP contribution in [0.15, 0.2) is 42.0 Å². The van der Waals surface area contributed by atoms with Crippen molar-refractivity contribution in [3.63, 3.8) is 0 Å². The van der Waals surface area contributed by atoms with Crippen molar-refractivity contribution in [2.45, 2.75) is 25.9 Å². The second kappa shape index (κ2) is 5.41. The molecule has 1 aromatic carbocycles. The predicted octanol–water partition coefficient (Wildman–Crippen LogP) is 2.96. The minimum Gasteiger partial charge on any atom is -0.366 e. The molecule has 3 rings (SSSR count). The van der Waals surface area contributed by atoms with E-state index >= 15 is 0 Å². The van der Waals surface area contributed by atoms with E-state index in [0.717, 1.165) is 18.4 Å². The smallest absolute Gasteiger partial charge is 0.249 e. The molecule has 0 bridgehead atoms. The zero-order valence-electron chi connectivity index (χ0n) is 12.4. The maximum atomic E-state index is 11.9. The third-order valence-electron chi connectivity index (χ3n) is 4.13. The lowest BCUT2D eigenvalue weighted by Gasteiger charge is -2.22. The first-order valence-corrected chi connectivity index (χ1v) is 9.75. The molecule has 0 saturated heterocycles. The van der Waals surface area contributed by atoms with Crippen molar-refractivity contribution < 1.29 is 4.79 Å². The van der Waals surface area contributed by atoms with Gasteiger partial charge in [-0.25, -0.2) is 0 Å². The van der Waals surface area contributed by atoms with Gasteiger partial charge in [-0.05, 0) is 35.1 Å². The van der Waals surface area contributed by atoms with Gasteiger partial charge < -0.3 is 5.73 Å². The molecule has 106 valence electrons. The molecule has 3 heteroatoms. The Morgan fingerprint density at radius 1 is 1.14 bits per heavy atom. The Balaban J connectivity index is 2.33. The molecule has 1 amide bonds. The molecule has 0 radical (unpaired) electrons. The van der Waals surface area contributed by atoms with Gasteiger partial charge in [-0.2, -0.15) is 0 Å². The highest BCUT2D eigenvalue weighted by Gasteiger charge is 2.23. The van der Waals surface area contributed by atoms with E-state index in [0.29, 0.717) is 5.57 Å². The SMILES string of the molecule is C[Si](C)=C1CC=CC(C(N)=O)=C1c1cccc2c1C=CC2. The summed E-state index contributed by atoms with van der Waals surface area (Å²) in [5, 5.41) is 1.39. The van der Waals surface area contributed by atoms with E-state index in [2.05, 4.69) is 49.5 Å². The third-order valence-corrected chi connectivity index (χ3v) is 5.80. The highest BCUT2D eigenvalue weighted by atomic mass is 28.2. The number of amides is 1. The van der Waals surface area contributed by atoms with E-state index in [1.165, 1.54) is 21.9 Å². The lowest BCUT2D eigenvalue weighted by molar-refractivity contribution is -0.114. The first-order valence-electron chi connectivity index (χ1n) is 7.25. The fourth-order valence-electron chi connectivity index (χ4n) is 3.12. The molecule has 21 heavy (non-hydrogen) atoms. The molecule has 0 atom stereocenters. The second-order valence-corrected chi connectivity index (χ2v) is 8.33. The van der Waals surface area contributed by atoms with E-state index in [4.69, 9.17) is 5.73 Å². The summed E-state index contributed by atoms with van der Waals surface area (Å²) in [6.45, 7) is 4.55. The van der Waals surface area contributed by atoms with Crippen molar-refractivity contribution in [3.8, 4) is 0 Å². The number of carbonyl (C=O) groups is 1. The van der Waals surface area contributed by atoms with Gasteiger partial charge in [-0.3, -0.25) is 4.79 Å². The summed E-state index contributed by atoms with van der Waals surface area (Å²) in [5.74, 6) is -0.332. The van der Waals surface area contributed by atoms with Crippen LogP contribution in [0.3, 0.4) is 0 Å². The molecule has 2 nitrogen and oxygen atoms in total. The van der Waals surface area contributed by atoms with Gasteiger partial charge in [0.15, 0.2) is 0 Å². The molecule has 0 unspecified atom stereocenters. The first kappa shape index (κ1) is 14.0. The van der Waals surface area contributed by atoms with Crippen LogP contribution in [0.2, 0.25) is 13.1 Å². The lowest BCUT2D eigenvalue weighted by Crippen LogP contribution is -2.23. The number of primary amides is 1. The number of hydrogen-bond acceptors (Lipinski definition) is 1. The minimum absolute atomic E-state index is 0.332. The van der Waals surface area contributed by atoms with Crippen LogP contribution in [0.25, 0.3) is 11.6 Å². The van der Waals surface area contributed by atoms with Gasteiger partial charge in [0.25, 0.3) is 0 Å². The maximum Gasteiger partial charge on any atom is 0.249 e. The van der Waals surface area contributed by atoms with Gasteiger partial charge in [-0.1, -0.05) is 60.8 Å². The third kappa shape index (κ3) is 2.38. The van der Waals surface area contributed by atoms with Crippen LogP contribution in [-0.4, -0.2) is 19.5 Å². The second-order valence-electron chi connectivity index (χ2n) is 5.72. The highest BCUT2D eigenvalue weighted by Crippen LogP contribution is 2.33. The first-order chi connectivity index (χ1) is 10.1. The molecule has 2 aliphatic rings. The number of nitrogens with two attached hydrogens (primary N) is 1. The number of fused-ring (bicyclic) bond motifs is 1. The average molecular weight is 293 g/mol. The van der Waals surface area contributed by atoms with Gasteiger partial charge in [0.2, 0.25) is 5.91 Å². The predicted molar refractivity (Wildman–Crippen MR) is 91.5 cm³/mol. The normalized spacial score (nSPS) is 16.4. The van der Waals surface area contributed by atoms with Gasteiger partial charge in [0.05, 0.1) is 0 Å². The summed E-state index contributed by atoms with van der Waals surface area (Å²) in [4.78, 5) is 11.9. The number of carbonyl (C=O) groups excluding carboxylic acids is 1. The quantitative estimate of drug-likeness (QED) is 0.837. The summed E-state index contributed by atoms with van der Waals surface area (Å²) in [6, 6.07) is 6.36. The Bertz CT molecular complexity index is 746. The molecule has 0 heterocycles. The van der Waals surface area contributed by atoms with Gasteiger partial charge >= 0.3 is 0 Å². The molecular formula is C18H19NOSi. The number of hydrogen-bond donors (Lipinski definition) is 1. The Morgan fingerprint density at radius 2 is 1.90 bits per heavy atom. The summed E-state index contributed by atoms with van der Waals surface area (Å²) >= 11 is 0. The molecule has 2 N–H and O–H groups in total. The summed E-state index contributed by atoms with van der Waals surface area (Å²) < 4.78 is 0. The standard InChI is InChI=1S/C18H19NOSi/c1-21(2)16-11-5-10-15(18(19)20)17(16)14-9-4-7-12-6-3-8-13(12)14/h3-5,7-10H,6,11H2,1-2H3,(H2,19,20).